The van der Waals surface area contributed by atoms with Gasteiger partial charge in [0.1, 0.15) is 16.6 Å². The largest absolute Gasteiger partial charge is 0.465 e. The molecule has 0 spiro atoms. The van der Waals surface area contributed by atoms with Crippen molar-refractivity contribution in [1.82, 2.24) is 14.6 Å². The summed E-state index contributed by atoms with van der Waals surface area (Å²) in [5.74, 6) is -1.07. The number of amides is 1. The van der Waals surface area contributed by atoms with E-state index >= 15 is 0 Å². The summed E-state index contributed by atoms with van der Waals surface area (Å²) in [6.45, 7) is 3.18. The van der Waals surface area contributed by atoms with E-state index in [4.69, 9.17) is 4.74 Å². The zero-order valence-electron chi connectivity index (χ0n) is 12.3. The minimum atomic E-state index is -3.92. The van der Waals surface area contributed by atoms with Gasteiger partial charge in [-0.25, -0.2) is 8.42 Å². The van der Waals surface area contributed by atoms with Crippen LogP contribution in [-0.4, -0.2) is 44.6 Å². The molecule has 9 heteroatoms. The second-order valence-electron chi connectivity index (χ2n) is 4.35. The molecule has 1 unspecified atom stereocenters. The van der Waals surface area contributed by atoms with Crippen LogP contribution in [0.5, 0.6) is 0 Å². The molecule has 1 heterocycles. The summed E-state index contributed by atoms with van der Waals surface area (Å²) < 4.78 is 32.7. The Morgan fingerprint density at radius 1 is 1.43 bits per heavy atom. The maximum absolute atomic E-state index is 12.2. The topological polar surface area (TPSA) is 106 Å². The number of nitrogens with one attached hydrogen (secondary N) is 2. The van der Waals surface area contributed by atoms with Crippen molar-refractivity contribution >= 4 is 21.9 Å². The lowest BCUT2D eigenvalue weighted by Gasteiger charge is -2.12. The van der Waals surface area contributed by atoms with Gasteiger partial charge >= 0.3 is 5.97 Å². The zero-order valence-corrected chi connectivity index (χ0v) is 13.2. The minimum absolute atomic E-state index is 0.0975. The SMILES string of the molecule is CCOC(=O)C(C)NS(=O)(=O)c1cc(C(=O)NC)n(C)c1. The molecule has 118 valence electrons. The van der Waals surface area contributed by atoms with Crippen LogP contribution < -0.4 is 10.0 Å². The second kappa shape index (κ2) is 6.72. The molecule has 0 fully saturated rings. The van der Waals surface area contributed by atoms with Crippen molar-refractivity contribution in [2.75, 3.05) is 13.7 Å². The average molecular weight is 317 g/mol. The number of aryl methyl sites for hydroxylation is 1. The first-order valence-electron chi connectivity index (χ1n) is 6.30. The van der Waals surface area contributed by atoms with E-state index in [1.165, 1.54) is 30.8 Å². The van der Waals surface area contributed by atoms with E-state index in [1.807, 2.05) is 0 Å². The summed E-state index contributed by atoms with van der Waals surface area (Å²) in [6.07, 6.45) is 1.30. The molecule has 0 bridgehead atoms. The van der Waals surface area contributed by atoms with Gasteiger partial charge in [-0.15, -0.1) is 0 Å². The van der Waals surface area contributed by atoms with Gasteiger partial charge in [-0.05, 0) is 19.9 Å². The maximum Gasteiger partial charge on any atom is 0.323 e. The van der Waals surface area contributed by atoms with Crippen molar-refractivity contribution in [2.24, 2.45) is 7.05 Å². The van der Waals surface area contributed by atoms with Crippen LogP contribution in [0.25, 0.3) is 0 Å². The quantitative estimate of drug-likeness (QED) is 0.695. The summed E-state index contributed by atoms with van der Waals surface area (Å²) in [5, 5.41) is 2.41. The van der Waals surface area contributed by atoms with E-state index in [1.54, 1.807) is 14.0 Å². The number of carbonyl (C=O) groups is 2. The van der Waals surface area contributed by atoms with E-state index in [0.29, 0.717) is 0 Å². The molecule has 0 saturated heterocycles. The molecular formula is C12H19N3O5S. The molecule has 0 radical (unpaired) electrons. The maximum atomic E-state index is 12.2. The highest BCUT2D eigenvalue weighted by Crippen LogP contribution is 2.14. The van der Waals surface area contributed by atoms with Crippen molar-refractivity contribution in [3.63, 3.8) is 0 Å². The Kier molecular flexibility index (Phi) is 5.50. The molecule has 1 aromatic heterocycles. The molecule has 0 aliphatic carbocycles. The fourth-order valence-corrected chi connectivity index (χ4v) is 2.91. The second-order valence-corrected chi connectivity index (χ2v) is 6.06. The number of hydrogen-bond donors (Lipinski definition) is 2. The lowest BCUT2D eigenvalue weighted by molar-refractivity contribution is -0.144. The third-order valence-corrected chi connectivity index (χ3v) is 4.23. The van der Waals surface area contributed by atoms with Crippen LogP contribution in [0.3, 0.4) is 0 Å². The van der Waals surface area contributed by atoms with Gasteiger partial charge in [0.15, 0.2) is 0 Å². The molecule has 1 atom stereocenters. The van der Waals surface area contributed by atoms with Gasteiger partial charge in [-0.2, -0.15) is 4.72 Å². The molecule has 2 N–H and O–H groups in total. The monoisotopic (exact) mass is 317 g/mol. The summed E-state index contributed by atoms with van der Waals surface area (Å²) in [5.41, 5.74) is 0.196. The van der Waals surface area contributed by atoms with Crippen molar-refractivity contribution in [3.8, 4) is 0 Å². The molecule has 1 rings (SSSR count). The van der Waals surface area contributed by atoms with Crippen LogP contribution in [0.15, 0.2) is 17.2 Å². The van der Waals surface area contributed by atoms with Gasteiger partial charge in [0.2, 0.25) is 10.0 Å². The zero-order chi connectivity index (χ0) is 16.2. The number of carbonyl (C=O) groups excluding carboxylic acids is 2. The summed E-state index contributed by atoms with van der Waals surface area (Å²) in [7, 11) is -0.915. The first-order chi connectivity index (χ1) is 9.72. The number of hydrogen-bond acceptors (Lipinski definition) is 5. The van der Waals surface area contributed by atoms with E-state index in [2.05, 4.69) is 10.0 Å². The van der Waals surface area contributed by atoms with Crippen molar-refractivity contribution in [2.45, 2.75) is 24.8 Å². The molecular weight excluding hydrogens is 298 g/mol. The highest BCUT2D eigenvalue weighted by Gasteiger charge is 2.25. The van der Waals surface area contributed by atoms with E-state index < -0.39 is 27.9 Å². The number of aromatic nitrogens is 1. The van der Waals surface area contributed by atoms with Crippen LogP contribution in [0.2, 0.25) is 0 Å². The smallest absolute Gasteiger partial charge is 0.323 e. The van der Waals surface area contributed by atoms with E-state index in [0.717, 1.165) is 0 Å². The summed E-state index contributed by atoms with van der Waals surface area (Å²) in [6, 6.07) is 0.220. The number of sulfonamides is 1. The Balaban J connectivity index is 2.99. The minimum Gasteiger partial charge on any atom is -0.465 e. The number of ether oxygens (including phenoxy) is 1. The van der Waals surface area contributed by atoms with Crippen LogP contribution in [0.1, 0.15) is 24.3 Å². The third-order valence-electron chi connectivity index (χ3n) is 2.72. The van der Waals surface area contributed by atoms with Gasteiger partial charge in [-0.1, -0.05) is 0 Å². The summed E-state index contributed by atoms with van der Waals surface area (Å²) >= 11 is 0. The lowest BCUT2D eigenvalue weighted by atomic mass is 10.4. The molecule has 0 saturated carbocycles. The highest BCUT2D eigenvalue weighted by atomic mass is 32.2. The lowest BCUT2D eigenvalue weighted by Crippen LogP contribution is -2.39. The fourth-order valence-electron chi connectivity index (χ4n) is 1.65. The first-order valence-corrected chi connectivity index (χ1v) is 7.78. The van der Waals surface area contributed by atoms with Gasteiger partial charge < -0.3 is 14.6 Å². The average Bonchev–Trinajstić information content (AvgIpc) is 2.80. The van der Waals surface area contributed by atoms with Crippen molar-refractivity contribution in [1.29, 1.82) is 0 Å². The van der Waals surface area contributed by atoms with Gasteiger partial charge in [0.25, 0.3) is 5.91 Å². The fraction of sp³-hybridized carbons (Fsp3) is 0.500. The number of rotatable bonds is 6. The van der Waals surface area contributed by atoms with Crippen LogP contribution >= 0.6 is 0 Å². The standard InChI is InChI=1S/C12H19N3O5S/c1-5-20-12(17)8(2)14-21(18,19)9-6-10(11(16)13-3)15(4)7-9/h6-8,14H,5H2,1-4H3,(H,13,16). The van der Waals surface area contributed by atoms with Crippen LogP contribution in [0, 0.1) is 0 Å². The van der Waals surface area contributed by atoms with Gasteiger partial charge in [-0.3, -0.25) is 9.59 Å². The number of nitrogens with zero attached hydrogens (tertiary/aromatic N) is 1. The van der Waals surface area contributed by atoms with Crippen molar-refractivity contribution < 1.29 is 22.7 Å². The third kappa shape index (κ3) is 4.05. The Hall–Kier alpha value is -1.87. The molecule has 1 aromatic rings. The predicted molar refractivity (Wildman–Crippen MR) is 75.2 cm³/mol. The highest BCUT2D eigenvalue weighted by molar-refractivity contribution is 7.89. The van der Waals surface area contributed by atoms with E-state index in [9.17, 15) is 18.0 Å². The van der Waals surface area contributed by atoms with Crippen LogP contribution in [-0.2, 0) is 26.6 Å². The molecule has 0 aromatic carbocycles. The molecule has 1 amide bonds. The Morgan fingerprint density at radius 2 is 2.05 bits per heavy atom. The van der Waals surface area contributed by atoms with Crippen molar-refractivity contribution in [3.05, 3.63) is 18.0 Å². The van der Waals surface area contributed by atoms with E-state index in [-0.39, 0.29) is 17.2 Å². The van der Waals surface area contributed by atoms with Gasteiger partial charge in [0.05, 0.1) is 6.61 Å². The first kappa shape index (κ1) is 17.2. The molecule has 21 heavy (non-hydrogen) atoms. The Morgan fingerprint density at radius 3 is 2.57 bits per heavy atom. The Bertz CT molecular complexity index is 635. The molecule has 0 aliphatic rings. The summed E-state index contributed by atoms with van der Waals surface area (Å²) in [4.78, 5) is 22.9. The molecule has 0 aliphatic heterocycles. The predicted octanol–water partition coefficient (Wildman–Crippen LogP) is -0.385. The van der Waals surface area contributed by atoms with Gasteiger partial charge in [0, 0.05) is 20.3 Å². The Labute approximate surface area is 123 Å². The normalized spacial score (nSPS) is 12.8. The molecule has 8 nitrogen and oxygen atoms in total. The van der Waals surface area contributed by atoms with Crippen LogP contribution in [0.4, 0.5) is 0 Å². The number of esters is 1.